The average Bonchev–Trinajstić information content (AvgIpc) is 1.70. The monoisotopic (exact) mass is 197 g/mol. The molecule has 0 rings (SSSR count). The number of hydrogen-bond acceptors (Lipinski definition) is 9. The molecular weight excluding hydrogens is 197 g/mol. The molecule has 0 aromatic heterocycles. The molecule has 0 saturated carbocycles. The summed E-state index contributed by atoms with van der Waals surface area (Å²) in [5, 5.41) is 27.0. The minimum absolute atomic E-state index is 0. The maximum Gasteiger partial charge on any atom is 0 e. The van der Waals surface area contributed by atoms with E-state index in [1.165, 1.54) is 0 Å². The van der Waals surface area contributed by atoms with Gasteiger partial charge in [0.1, 0.15) is 0 Å². The van der Waals surface area contributed by atoms with E-state index in [2.05, 4.69) is 0 Å². The summed E-state index contributed by atoms with van der Waals surface area (Å²) >= 11 is 0. The zero-order valence-electron chi connectivity index (χ0n) is 4.12. The molecule has 0 aliphatic rings. The summed E-state index contributed by atoms with van der Waals surface area (Å²) in [5.74, 6) is 0. The fraction of sp³-hybridized carbons (Fsp3) is 0. The Morgan fingerprint density at radius 1 is 0.700 bits per heavy atom. The summed E-state index contributed by atoms with van der Waals surface area (Å²) in [6, 6.07) is 0. The van der Waals surface area contributed by atoms with Gasteiger partial charge in [-0.2, -0.15) is 0 Å². The van der Waals surface area contributed by atoms with Crippen LogP contribution in [0.1, 0.15) is 0 Å². The van der Waals surface area contributed by atoms with Gasteiger partial charge < -0.3 is 30.3 Å². The normalized spacial score (nSPS) is 3.60. The molecule has 0 unspecified atom stereocenters. The first-order chi connectivity index (χ1) is 4.24. The van der Waals surface area contributed by atoms with Gasteiger partial charge >= 0.3 is 0 Å². The van der Waals surface area contributed by atoms with Crippen LogP contribution >= 0.6 is 0 Å². The maximum atomic E-state index is 8.00. The topological polar surface area (TPSA) is 157 Å². The summed E-state index contributed by atoms with van der Waals surface area (Å²) in [5.41, 5.74) is 0. The minimum atomic E-state index is 0. The van der Waals surface area contributed by atoms with Crippen molar-refractivity contribution in [3.8, 4) is 0 Å². The standard InChI is InChI=1S/Co.3HNO2/c;3*2-1-3/h;3*(H,2,3)/p-3. The van der Waals surface area contributed by atoms with Gasteiger partial charge in [-0.15, -0.1) is 16.0 Å². The first-order valence-corrected chi connectivity index (χ1v) is 1.10. The molecule has 0 amide bonds. The molecule has 0 aliphatic carbocycles. The van der Waals surface area contributed by atoms with Crippen LogP contribution in [0, 0.1) is 30.3 Å². The van der Waals surface area contributed by atoms with Gasteiger partial charge in [0.25, 0.3) is 0 Å². The van der Waals surface area contributed by atoms with Crippen LogP contribution in [0.3, 0.4) is 0 Å². The fourth-order valence-electron chi connectivity index (χ4n) is 0. The van der Waals surface area contributed by atoms with Crippen LogP contribution in [-0.4, -0.2) is 0 Å². The second-order valence-electron chi connectivity index (χ2n) is 0.224. The number of nitrogens with zero attached hydrogens (tertiary/aromatic N) is 3. The average molecular weight is 197 g/mol. The smallest absolute Gasteiger partial charge is 0 e. The summed E-state index contributed by atoms with van der Waals surface area (Å²) < 4.78 is 0. The zero-order valence-corrected chi connectivity index (χ0v) is 5.17. The van der Waals surface area contributed by atoms with E-state index in [4.69, 9.17) is 30.3 Å². The van der Waals surface area contributed by atoms with Gasteiger partial charge in [-0.1, -0.05) is 0 Å². The summed E-state index contributed by atoms with van der Waals surface area (Å²) in [6.45, 7) is 0. The van der Waals surface area contributed by atoms with Crippen LogP contribution in [0.5, 0.6) is 0 Å². The van der Waals surface area contributed by atoms with Gasteiger partial charge in [0.15, 0.2) is 0 Å². The predicted molar refractivity (Wildman–Crippen MR) is 27.5 cm³/mol. The van der Waals surface area contributed by atoms with Crippen molar-refractivity contribution in [3.63, 3.8) is 0 Å². The molecule has 0 N–H and O–H groups in total. The third-order valence-electron chi connectivity index (χ3n) is 0. The quantitative estimate of drug-likeness (QED) is 0.411. The van der Waals surface area contributed by atoms with Crippen LogP contribution in [0.2, 0.25) is 0 Å². The largest absolute Gasteiger partial charge is 0.444 e. The Bertz CT molecular complexity index is 49.7. The Kier molecular flexibility index (Phi) is 278. The van der Waals surface area contributed by atoms with Gasteiger partial charge in [0.2, 0.25) is 0 Å². The molecule has 0 aromatic rings. The van der Waals surface area contributed by atoms with E-state index in [1.54, 1.807) is 0 Å². The van der Waals surface area contributed by atoms with Gasteiger partial charge in [-0.05, 0) is 0 Å². The van der Waals surface area contributed by atoms with Crippen molar-refractivity contribution >= 4 is 0 Å². The predicted octanol–water partition coefficient (Wildman–Crippen LogP) is 0.749. The maximum absolute atomic E-state index is 8.00. The Hall–Kier alpha value is -1.29. The molecule has 0 atom stereocenters. The molecule has 0 fully saturated rings. The van der Waals surface area contributed by atoms with Crippen molar-refractivity contribution in [2.24, 2.45) is 16.0 Å². The number of rotatable bonds is 0. The van der Waals surface area contributed by atoms with Crippen molar-refractivity contribution < 1.29 is 16.8 Å². The molecule has 0 bridgehead atoms. The van der Waals surface area contributed by atoms with E-state index in [1.807, 2.05) is 0 Å². The Labute approximate surface area is 64.0 Å². The molecule has 0 saturated heterocycles. The van der Waals surface area contributed by atoms with Crippen molar-refractivity contribution in [2.45, 2.75) is 0 Å². The van der Waals surface area contributed by atoms with Crippen molar-refractivity contribution in [1.82, 2.24) is 0 Å². The molecule has 9 nitrogen and oxygen atoms in total. The van der Waals surface area contributed by atoms with E-state index in [-0.39, 0.29) is 16.8 Å². The number of hydrogen-bond donors (Lipinski definition) is 0. The minimum Gasteiger partial charge on any atom is -0.444 e. The summed E-state index contributed by atoms with van der Waals surface area (Å²) in [6.07, 6.45) is 0. The van der Waals surface area contributed by atoms with Crippen LogP contribution in [0.25, 0.3) is 0 Å². The molecule has 0 aromatic carbocycles. The van der Waals surface area contributed by atoms with Gasteiger partial charge in [-0.25, -0.2) is 0 Å². The first kappa shape index (κ1) is 23.3. The third-order valence-corrected chi connectivity index (χ3v) is 0. The molecular formula is CoN3O6-3. The molecule has 0 spiro atoms. The second kappa shape index (κ2) is 119. The van der Waals surface area contributed by atoms with E-state index in [0.717, 1.165) is 16.0 Å². The van der Waals surface area contributed by atoms with Crippen molar-refractivity contribution in [2.75, 3.05) is 0 Å². The van der Waals surface area contributed by atoms with E-state index in [9.17, 15) is 0 Å². The van der Waals surface area contributed by atoms with Gasteiger partial charge in [0, 0.05) is 16.8 Å². The Morgan fingerprint density at radius 2 is 0.700 bits per heavy atom. The zero-order chi connectivity index (χ0) is 8.12. The SMILES string of the molecule is O=N[O-].O=N[O-].O=N[O-].[Co]. The van der Waals surface area contributed by atoms with E-state index in [0.29, 0.717) is 0 Å². The molecule has 63 valence electrons. The van der Waals surface area contributed by atoms with Crippen LogP contribution in [0.4, 0.5) is 0 Å². The summed E-state index contributed by atoms with van der Waals surface area (Å²) in [4.78, 5) is 24.0. The van der Waals surface area contributed by atoms with Crippen LogP contribution in [-0.2, 0) is 16.8 Å². The van der Waals surface area contributed by atoms with Crippen molar-refractivity contribution in [1.29, 1.82) is 0 Å². The summed E-state index contributed by atoms with van der Waals surface area (Å²) in [7, 11) is 0. The second-order valence-corrected chi connectivity index (χ2v) is 0.224. The molecule has 10 heavy (non-hydrogen) atoms. The molecule has 10 heteroatoms. The molecule has 1 radical (unpaired) electrons. The van der Waals surface area contributed by atoms with Gasteiger partial charge in [-0.3, -0.25) is 0 Å². The van der Waals surface area contributed by atoms with Crippen LogP contribution < -0.4 is 0 Å². The third kappa shape index (κ3) is 131. The fourth-order valence-corrected chi connectivity index (χ4v) is 0. The van der Waals surface area contributed by atoms with Crippen molar-refractivity contribution in [3.05, 3.63) is 30.3 Å². The van der Waals surface area contributed by atoms with Crippen LogP contribution in [0.15, 0.2) is 16.0 Å². The van der Waals surface area contributed by atoms with E-state index < -0.39 is 0 Å². The first-order valence-electron chi connectivity index (χ1n) is 1.10. The van der Waals surface area contributed by atoms with Gasteiger partial charge in [0.05, 0.1) is 0 Å². The molecule has 0 heterocycles. The van der Waals surface area contributed by atoms with E-state index >= 15 is 0 Å². The molecule has 0 aliphatic heterocycles. The Balaban J connectivity index is -0.0000000257. The Morgan fingerprint density at radius 3 is 0.700 bits per heavy atom.